The van der Waals surface area contributed by atoms with E-state index in [1.807, 2.05) is 50.3 Å². The predicted octanol–water partition coefficient (Wildman–Crippen LogP) is 3.42. The smallest absolute Gasteiger partial charge is 0.251 e. The molecule has 0 unspecified atom stereocenters. The Balaban J connectivity index is 1.68. The lowest BCUT2D eigenvalue weighted by Gasteiger charge is -2.23. The van der Waals surface area contributed by atoms with Crippen molar-refractivity contribution < 1.29 is 13.2 Å². The number of H-pyrrole nitrogens is 1. The average Bonchev–Trinajstić information content (AvgIpc) is 3.17. The fraction of sp³-hybridized carbons (Fsp3) is 0.304. The Morgan fingerprint density at radius 2 is 2.03 bits per heavy atom. The van der Waals surface area contributed by atoms with Crippen LogP contribution in [0.3, 0.4) is 0 Å². The number of rotatable bonds is 5. The van der Waals surface area contributed by atoms with E-state index in [4.69, 9.17) is 0 Å². The first-order valence-corrected chi connectivity index (χ1v) is 12.1. The van der Waals surface area contributed by atoms with E-state index in [1.54, 1.807) is 6.20 Å². The molecule has 0 atom stereocenters. The van der Waals surface area contributed by atoms with E-state index in [0.717, 1.165) is 33.4 Å². The average molecular weight is 439 g/mol. The SMILES string of the molecule is CC(C)NC(=O)c1cccc(-c2ccnc3[nH]c(C4=CCN(S(C)(=O)=O)CC4)cc23)c1. The molecule has 1 amide bonds. The summed E-state index contributed by atoms with van der Waals surface area (Å²) >= 11 is 0. The molecule has 7 nitrogen and oxygen atoms in total. The number of hydrogen-bond donors (Lipinski definition) is 2. The van der Waals surface area contributed by atoms with Crippen LogP contribution in [0.4, 0.5) is 0 Å². The zero-order valence-corrected chi connectivity index (χ0v) is 18.7. The highest BCUT2D eigenvalue weighted by Crippen LogP contribution is 2.32. The second-order valence-corrected chi connectivity index (χ2v) is 10.1. The minimum atomic E-state index is -3.18. The maximum atomic E-state index is 12.4. The molecular formula is C23H26N4O3S. The summed E-state index contributed by atoms with van der Waals surface area (Å²) < 4.78 is 25.0. The number of pyridine rings is 1. The molecule has 31 heavy (non-hydrogen) atoms. The maximum absolute atomic E-state index is 12.4. The van der Waals surface area contributed by atoms with Gasteiger partial charge in [0, 0.05) is 42.0 Å². The molecule has 8 heteroatoms. The molecule has 3 aromatic rings. The Morgan fingerprint density at radius 1 is 1.23 bits per heavy atom. The zero-order valence-electron chi connectivity index (χ0n) is 17.8. The molecule has 2 aromatic heterocycles. The zero-order chi connectivity index (χ0) is 22.2. The number of fused-ring (bicyclic) bond motifs is 1. The molecule has 0 fully saturated rings. The quantitative estimate of drug-likeness (QED) is 0.638. The molecule has 0 aliphatic carbocycles. The molecule has 2 N–H and O–H groups in total. The molecular weight excluding hydrogens is 412 g/mol. The van der Waals surface area contributed by atoms with Crippen LogP contribution in [0.5, 0.6) is 0 Å². The van der Waals surface area contributed by atoms with Crippen molar-refractivity contribution in [3.63, 3.8) is 0 Å². The Bertz CT molecular complexity index is 1270. The van der Waals surface area contributed by atoms with Crippen LogP contribution in [0.1, 0.15) is 36.3 Å². The molecule has 1 aliphatic heterocycles. The van der Waals surface area contributed by atoms with Crippen LogP contribution in [0.25, 0.3) is 27.7 Å². The summed E-state index contributed by atoms with van der Waals surface area (Å²) in [5.41, 5.74) is 5.32. The summed E-state index contributed by atoms with van der Waals surface area (Å²) in [7, 11) is -3.18. The van der Waals surface area contributed by atoms with Crippen LogP contribution in [0.15, 0.2) is 48.7 Å². The Hall–Kier alpha value is -2.97. The lowest BCUT2D eigenvalue weighted by Crippen LogP contribution is -2.33. The number of carbonyl (C=O) groups excluding carboxylic acids is 1. The lowest BCUT2D eigenvalue weighted by atomic mass is 10.00. The van der Waals surface area contributed by atoms with E-state index in [2.05, 4.69) is 21.4 Å². The van der Waals surface area contributed by atoms with Gasteiger partial charge in [0.05, 0.1) is 6.26 Å². The summed E-state index contributed by atoms with van der Waals surface area (Å²) in [5.74, 6) is -0.0975. The van der Waals surface area contributed by atoms with Crippen molar-refractivity contribution in [2.24, 2.45) is 0 Å². The predicted molar refractivity (Wildman–Crippen MR) is 123 cm³/mol. The second-order valence-electron chi connectivity index (χ2n) is 8.11. The summed E-state index contributed by atoms with van der Waals surface area (Å²) in [5, 5.41) is 3.89. The van der Waals surface area contributed by atoms with Gasteiger partial charge in [-0.2, -0.15) is 4.31 Å². The fourth-order valence-corrected chi connectivity index (χ4v) is 4.59. The van der Waals surface area contributed by atoms with E-state index in [1.165, 1.54) is 10.6 Å². The molecule has 0 saturated carbocycles. The molecule has 1 aromatic carbocycles. The second kappa shape index (κ2) is 8.28. The number of nitrogens with one attached hydrogen (secondary N) is 2. The summed E-state index contributed by atoms with van der Waals surface area (Å²) in [4.78, 5) is 20.3. The standard InChI is InChI=1S/C23H26N4O3S/c1-15(2)25-23(28)18-6-4-5-17(13-18)19-7-10-24-22-20(19)14-21(26-22)16-8-11-27(12-9-16)31(3,29)30/h4-8,10,13-15H,9,11-12H2,1-3H3,(H,24,26)(H,25,28). The van der Waals surface area contributed by atoms with Crippen molar-refractivity contribution in [1.29, 1.82) is 0 Å². The third kappa shape index (κ3) is 4.55. The maximum Gasteiger partial charge on any atom is 0.251 e. The minimum Gasteiger partial charge on any atom is -0.350 e. The summed E-state index contributed by atoms with van der Waals surface area (Å²) in [6, 6.07) is 11.6. The van der Waals surface area contributed by atoms with E-state index in [-0.39, 0.29) is 11.9 Å². The van der Waals surface area contributed by atoms with Crippen LogP contribution < -0.4 is 5.32 Å². The molecule has 162 valence electrons. The molecule has 0 saturated heterocycles. The highest BCUT2D eigenvalue weighted by Gasteiger charge is 2.21. The summed E-state index contributed by atoms with van der Waals surface area (Å²) in [6.45, 7) is 4.71. The topological polar surface area (TPSA) is 95.2 Å². The van der Waals surface area contributed by atoms with Crippen molar-refractivity contribution >= 4 is 32.5 Å². The lowest BCUT2D eigenvalue weighted by molar-refractivity contribution is 0.0943. The number of sulfonamides is 1. The van der Waals surface area contributed by atoms with Gasteiger partial charge in [-0.1, -0.05) is 18.2 Å². The van der Waals surface area contributed by atoms with Crippen LogP contribution in [0.2, 0.25) is 0 Å². The van der Waals surface area contributed by atoms with Crippen LogP contribution in [-0.4, -0.2) is 54.0 Å². The molecule has 0 spiro atoms. The fourth-order valence-electron chi connectivity index (χ4n) is 3.82. The summed E-state index contributed by atoms with van der Waals surface area (Å²) in [6.07, 6.45) is 5.58. The Labute approximate surface area is 182 Å². The van der Waals surface area contributed by atoms with Gasteiger partial charge in [-0.3, -0.25) is 4.79 Å². The van der Waals surface area contributed by atoms with Crippen molar-refractivity contribution in [3.8, 4) is 11.1 Å². The highest BCUT2D eigenvalue weighted by molar-refractivity contribution is 7.88. The van der Waals surface area contributed by atoms with Gasteiger partial charge >= 0.3 is 0 Å². The van der Waals surface area contributed by atoms with Gasteiger partial charge in [0.2, 0.25) is 10.0 Å². The van der Waals surface area contributed by atoms with Gasteiger partial charge in [0.25, 0.3) is 5.91 Å². The van der Waals surface area contributed by atoms with Gasteiger partial charge in [0.15, 0.2) is 0 Å². The van der Waals surface area contributed by atoms with E-state index < -0.39 is 10.0 Å². The third-order valence-corrected chi connectivity index (χ3v) is 6.64. The number of aromatic amines is 1. The first-order chi connectivity index (χ1) is 14.7. The van der Waals surface area contributed by atoms with Crippen molar-refractivity contribution in [2.75, 3.05) is 19.3 Å². The minimum absolute atomic E-state index is 0.0680. The molecule has 0 radical (unpaired) electrons. The number of hydrogen-bond acceptors (Lipinski definition) is 4. The van der Waals surface area contributed by atoms with Crippen molar-refractivity contribution in [3.05, 3.63) is 59.9 Å². The molecule has 1 aliphatic rings. The van der Waals surface area contributed by atoms with E-state index >= 15 is 0 Å². The number of nitrogens with zero attached hydrogens (tertiary/aromatic N) is 2. The van der Waals surface area contributed by atoms with Crippen molar-refractivity contribution in [1.82, 2.24) is 19.6 Å². The van der Waals surface area contributed by atoms with Crippen LogP contribution >= 0.6 is 0 Å². The van der Waals surface area contributed by atoms with E-state index in [9.17, 15) is 13.2 Å². The molecule has 3 heterocycles. The number of amides is 1. The van der Waals surface area contributed by atoms with Gasteiger partial charge in [-0.05, 0) is 61.2 Å². The first-order valence-electron chi connectivity index (χ1n) is 10.3. The third-order valence-electron chi connectivity index (χ3n) is 5.37. The Kier molecular flexibility index (Phi) is 5.68. The van der Waals surface area contributed by atoms with Crippen LogP contribution in [-0.2, 0) is 10.0 Å². The van der Waals surface area contributed by atoms with Gasteiger partial charge in [0.1, 0.15) is 5.65 Å². The van der Waals surface area contributed by atoms with Crippen molar-refractivity contribution in [2.45, 2.75) is 26.3 Å². The number of aromatic nitrogens is 2. The monoisotopic (exact) mass is 438 g/mol. The van der Waals surface area contributed by atoms with Crippen LogP contribution in [0, 0.1) is 0 Å². The normalized spacial score (nSPS) is 15.3. The van der Waals surface area contributed by atoms with E-state index in [0.29, 0.717) is 25.1 Å². The van der Waals surface area contributed by atoms with Gasteiger partial charge < -0.3 is 10.3 Å². The highest BCUT2D eigenvalue weighted by atomic mass is 32.2. The number of carbonyl (C=O) groups is 1. The van der Waals surface area contributed by atoms with Gasteiger partial charge in [-0.15, -0.1) is 0 Å². The number of benzene rings is 1. The largest absolute Gasteiger partial charge is 0.350 e. The van der Waals surface area contributed by atoms with Gasteiger partial charge in [-0.25, -0.2) is 13.4 Å². The first kappa shape index (κ1) is 21.3. The Morgan fingerprint density at radius 3 is 2.71 bits per heavy atom. The molecule has 4 rings (SSSR count). The molecule has 0 bridgehead atoms.